The second-order valence-corrected chi connectivity index (χ2v) is 17.9. The van der Waals surface area contributed by atoms with Gasteiger partial charge in [0.1, 0.15) is 29.8 Å². The Hall–Kier alpha value is -6.22. The van der Waals surface area contributed by atoms with E-state index in [2.05, 4.69) is 62.8 Å². The van der Waals surface area contributed by atoms with Crippen LogP contribution in [0.15, 0.2) is 79.0 Å². The molecule has 5 atom stereocenters. The van der Waals surface area contributed by atoms with Gasteiger partial charge in [0.2, 0.25) is 17.7 Å². The summed E-state index contributed by atoms with van der Waals surface area (Å²) in [5.41, 5.74) is 4.52. The smallest absolute Gasteiger partial charge is 0.407 e. The van der Waals surface area contributed by atoms with Crippen LogP contribution in [0.4, 0.5) is 4.79 Å². The zero-order valence-electron chi connectivity index (χ0n) is 39.0. The quantitative estimate of drug-likeness (QED) is 0.0366. The van der Waals surface area contributed by atoms with Gasteiger partial charge in [-0.05, 0) is 113 Å². The summed E-state index contributed by atoms with van der Waals surface area (Å²) in [4.78, 5) is 82.8. The Kier molecular flexibility index (Phi) is 19.6. The van der Waals surface area contributed by atoms with Gasteiger partial charge in [-0.15, -0.1) is 0 Å². The monoisotopic (exact) mass is 897 g/mol. The molecule has 4 rings (SSSR count). The molecule has 15 heteroatoms. The average Bonchev–Trinajstić information content (AvgIpc) is 3.67. The molecular formula is C50H68N6O9. The van der Waals surface area contributed by atoms with E-state index < -0.39 is 71.6 Å². The van der Waals surface area contributed by atoms with Crippen molar-refractivity contribution >= 4 is 46.6 Å². The van der Waals surface area contributed by atoms with E-state index in [1.165, 1.54) is 12.5 Å². The number of H-pyrrole nitrogens is 1. The van der Waals surface area contributed by atoms with Crippen LogP contribution in [0, 0.1) is 5.92 Å². The molecule has 7 N–H and O–H groups in total. The molecule has 1 unspecified atom stereocenters. The molecule has 0 saturated heterocycles. The van der Waals surface area contributed by atoms with E-state index in [0.29, 0.717) is 18.4 Å². The molecule has 5 amide bonds. The van der Waals surface area contributed by atoms with E-state index >= 15 is 0 Å². The molecule has 3 aromatic carbocycles. The summed E-state index contributed by atoms with van der Waals surface area (Å²) in [5, 5.41) is 24.2. The van der Waals surface area contributed by atoms with Gasteiger partial charge in [-0.1, -0.05) is 81.8 Å². The Morgan fingerprint density at radius 2 is 1.40 bits per heavy atom. The molecule has 1 heterocycles. The Labute approximate surface area is 382 Å². The topological polar surface area (TPSA) is 217 Å². The summed E-state index contributed by atoms with van der Waals surface area (Å²) in [6.07, 6.45) is 4.52. The Morgan fingerprint density at radius 1 is 0.738 bits per heavy atom. The first kappa shape index (κ1) is 51.4. The largest absolute Gasteiger partial charge is 0.480 e. The minimum absolute atomic E-state index is 0.0666. The third-order valence-corrected chi connectivity index (χ3v) is 10.7. The SMILES string of the molecule is CCCCc1ccc(-c2ccc(C(=O)N[C@@H](Cc3c[nH]c4ccccc34)C(=O)N[C@H](C(=O)N[C@@H](C)C(=O)NC(CCCCNC(=O)OC(C)(C)C)C(=O)O)[C@@H](C)OCC(C)C)cc2)cc1. The van der Waals surface area contributed by atoms with Crippen molar-refractivity contribution < 1.29 is 43.3 Å². The van der Waals surface area contributed by atoms with Gasteiger partial charge < -0.3 is 46.1 Å². The number of carboxylic acid groups (broad SMARTS) is 1. The van der Waals surface area contributed by atoms with Crippen LogP contribution in [0.25, 0.3) is 22.0 Å². The third kappa shape index (κ3) is 16.7. The van der Waals surface area contributed by atoms with Gasteiger partial charge in [-0.25, -0.2) is 9.59 Å². The van der Waals surface area contributed by atoms with E-state index in [-0.39, 0.29) is 31.9 Å². The first-order valence-electron chi connectivity index (χ1n) is 22.6. The Morgan fingerprint density at radius 3 is 2.03 bits per heavy atom. The number of carbonyl (C=O) groups is 6. The summed E-state index contributed by atoms with van der Waals surface area (Å²) in [5.74, 6) is -3.82. The fraction of sp³-hybridized carbons (Fsp3) is 0.480. The van der Waals surface area contributed by atoms with Crippen LogP contribution < -0.4 is 26.6 Å². The number of aromatic amines is 1. The maximum absolute atomic E-state index is 14.4. The van der Waals surface area contributed by atoms with Crippen molar-refractivity contribution in [2.45, 2.75) is 136 Å². The number of aromatic nitrogens is 1. The number of alkyl carbamates (subject to hydrolysis) is 1. The van der Waals surface area contributed by atoms with E-state index in [9.17, 15) is 33.9 Å². The Balaban J connectivity index is 1.48. The number of aryl methyl sites for hydroxylation is 1. The summed E-state index contributed by atoms with van der Waals surface area (Å²) in [7, 11) is 0. The van der Waals surface area contributed by atoms with Crippen LogP contribution in [-0.4, -0.2) is 94.8 Å². The van der Waals surface area contributed by atoms with Crippen molar-refractivity contribution in [2.75, 3.05) is 13.2 Å². The summed E-state index contributed by atoms with van der Waals surface area (Å²) < 4.78 is 11.2. The lowest BCUT2D eigenvalue weighted by atomic mass is 10.00. The number of ether oxygens (including phenoxy) is 2. The molecule has 0 bridgehead atoms. The molecule has 15 nitrogen and oxygen atoms in total. The average molecular weight is 897 g/mol. The molecule has 1 aromatic heterocycles. The van der Waals surface area contributed by atoms with Crippen LogP contribution in [0.1, 0.15) is 109 Å². The van der Waals surface area contributed by atoms with Crippen molar-refractivity contribution in [3.8, 4) is 11.1 Å². The van der Waals surface area contributed by atoms with Crippen LogP contribution in [0.5, 0.6) is 0 Å². The number of carbonyl (C=O) groups excluding carboxylic acids is 5. The van der Waals surface area contributed by atoms with Gasteiger partial charge in [0.05, 0.1) is 6.10 Å². The molecule has 4 aromatic rings. The molecular weight excluding hydrogens is 829 g/mol. The lowest BCUT2D eigenvalue weighted by Gasteiger charge is -2.29. The van der Waals surface area contributed by atoms with Crippen LogP contribution in [0.2, 0.25) is 0 Å². The minimum atomic E-state index is -1.32. The lowest BCUT2D eigenvalue weighted by Crippen LogP contribution is -2.60. The normalized spacial score (nSPS) is 13.8. The molecule has 352 valence electrons. The number of fused-ring (bicyclic) bond motifs is 1. The molecule has 0 aliphatic heterocycles. The first-order chi connectivity index (χ1) is 30.8. The van der Waals surface area contributed by atoms with Crippen molar-refractivity contribution in [1.29, 1.82) is 0 Å². The molecule has 0 aliphatic rings. The summed E-state index contributed by atoms with van der Waals surface area (Å²) in [6, 6.07) is 18.2. The highest BCUT2D eigenvalue weighted by Gasteiger charge is 2.34. The van der Waals surface area contributed by atoms with Gasteiger partial charge >= 0.3 is 12.1 Å². The second kappa shape index (κ2) is 24.7. The number of benzene rings is 3. The predicted octanol–water partition coefficient (Wildman–Crippen LogP) is 6.83. The lowest BCUT2D eigenvalue weighted by molar-refractivity contribution is -0.142. The van der Waals surface area contributed by atoms with Crippen LogP contribution in [-0.2, 0) is 41.5 Å². The fourth-order valence-electron chi connectivity index (χ4n) is 7.02. The first-order valence-corrected chi connectivity index (χ1v) is 22.6. The number of hydrogen-bond acceptors (Lipinski definition) is 8. The number of para-hydroxylation sites is 1. The van der Waals surface area contributed by atoms with Gasteiger partial charge in [-0.3, -0.25) is 19.2 Å². The number of unbranched alkanes of at least 4 members (excludes halogenated alkanes) is 2. The van der Waals surface area contributed by atoms with Gasteiger partial charge in [0.15, 0.2) is 0 Å². The molecule has 0 aliphatic carbocycles. The predicted molar refractivity (Wildman–Crippen MR) is 251 cm³/mol. The van der Waals surface area contributed by atoms with E-state index in [1.807, 2.05) is 50.2 Å². The second-order valence-electron chi connectivity index (χ2n) is 17.9. The van der Waals surface area contributed by atoms with Crippen molar-refractivity contribution in [3.05, 3.63) is 95.7 Å². The third-order valence-electron chi connectivity index (χ3n) is 10.7. The molecule has 65 heavy (non-hydrogen) atoms. The highest BCUT2D eigenvalue weighted by Crippen LogP contribution is 2.23. The fourth-order valence-corrected chi connectivity index (χ4v) is 7.02. The molecule has 0 saturated carbocycles. The van der Waals surface area contributed by atoms with Gasteiger partial charge in [0, 0.05) is 42.2 Å². The zero-order chi connectivity index (χ0) is 47.7. The van der Waals surface area contributed by atoms with Gasteiger partial charge in [-0.2, -0.15) is 0 Å². The van der Waals surface area contributed by atoms with Crippen molar-refractivity contribution in [1.82, 2.24) is 31.6 Å². The number of rotatable bonds is 24. The highest BCUT2D eigenvalue weighted by molar-refractivity contribution is 5.99. The summed E-state index contributed by atoms with van der Waals surface area (Å²) in [6.45, 7) is 14.8. The zero-order valence-corrected chi connectivity index (χ0v) is 39.0. The van der Waals surface area contributed by atoms with Crippen LogP contribution in [0.3, 0.4) is 0 Å². The molecule has 0 fully saturated rings. The molecule has 0 spiro atoms. The summed E-state index contributed by atoms with van der Waals surface area (Å²) >= 11 is 0. The number of hydrogen-bond donors (Lipinski definition) is 7. The van der Waals surface area contributed by atoms with E-state index in [0.717, 1.165) is 46.9 Å². The number of amides is 5. The Bertz CT molecular complexity index is 2200. The highest BCUT2D eigenvalue weighted by atomic mass is 16.6. The van der Waals surface area contributed by atoms with E-state index in [1.54, 1.807) is 46.0 Å². The van der Waals surface area contributed by atoms with Crippen molar-refractivity contribution in [3.63, 3.8) is 0 Å². The van der Waals surface area contributed by atoms with Crippen molar-refractivity contribution in [2.24, 2.45) is 5.92 Å². The van der Waals surface area contributed by atoms with Crippen LogP contribution >= 0.6 is 0 Å². The number of aliphatic carboxylic acids is 1. The number of carboxylic acids is 1. The molecule has 0 radical (unpaired) electrons. The number of nitrogens with one attached hydrogen (secondary N) is 6. The minimum Gasteiger partial charge on any atom is -0.480 e. The van der Waals surface area contributed by atoms with E-state index in [4.69, 9.17) is 9.47 Å². The maximum Gasteiger partial charge on any atom is 0.407 e. The standard InChI is InChI=1S/C50H68N6O9/c1-9-10-15-34-19-21-35(22-20-34)36-23-25-37(26-24-36)45(58)55-42(28-38-29-52-40-17-12-11-16-39(38)40)46(59)56-43(33(5)64-30-31(2)3)47(60)53-32(4)44(57)54-41(48(61)62)18-13-14-27-51-49(63)65-50(6,7)8/h11-12,16-17,19-26,29,31-33,41-43,52H,9-10,13-15,18,27-28,30H2,1-8H3,(H,51,63)(H,53,60)(H,54,57)(H,55,58)(H,56,59)(H,61,62)/t32-,33+,41?,42-,43-/m0/s1. The maximum atomic E-state index is 14.4. The van der Waals surface area contributed by atoms with Gasteiger partial charge in [0.25, 0.3) is 5.91 Å².